The molecule has 5 rings (SSSR count). The van der Waals surface area contributed by atoms with Crippen LogP contribution in [0.2, 0.25) is 0 Å². The van der Waals surface area contributed by atoms with Crippen molar-refractivity contribution in [1.82, 2.24) is 15.2 Å². The van der Waals surface area contributed by atoms with Crippen LogP contribution in [0.1, 0.15) is 30.1 Å². The highest BCUT2D eigenvalue weighted by atomic mass is 35.5. The summed E-state index contributed by atoms with van der Waals surface area (Å²) in [5.74, 6) is 0.692. The van der Waals surface area contributed by atoms with Gasteiger partial charge in [-0.05, 0) is 57.0 Å². The predicted molar refractivity (Wildman–Crippen MR) is 91.9 cm³/mol. The average molecular weight is 338 g/mol. The van der Waals surface area contributed by atoms with Crippen molar-refractivity contribution in [3.8, 4) is 0 Å². The summed E-state index contributed by atoms with van der Waals surface area (Å²) in [6.45, 7) is 4.61. The first-order valence-corrected chi connectivity index (χ1v) is 8.48. The van der Waals surface area contributed by atoms with Crippen LogP contribution in [0.3, 0.4) is 0 Å². The fourth-order valence-electron chi connectivity index (χ4n) is 3.78. The number of piperidine rings is 3. The van der Waals surface area contributed by atoms with Crippen LogP contribution in [0, 0.1) is 5.92 Å². The van der Waals surface area contributed by atoms with Crippen LogP contribution in [-0.4, -0.2) is 41.0 Å². The Bertz CT molecular complexity index is 679. The van der Waals surface area contributed by atoms with Gasteiger partial charge < -0.3 is 5.32 Å². The quantitative estimate of drug-likeness (QED) is 0.916. The van der Waals surface area contributed by atoms with E-state index in [4.69, 9.17) is 0 Å². The van der Waals surface area contributed by atoms with Gasteiger partial charge in [0, 0.05) is 17.6 Å². The summed E-state index contributed by atoms with van der Waals surface area (Å²) in [5.41, 5.74) is 3.53. The number of aromatic nitrogens is 1. The smallest absolute Gasteiger partial charge is 0.251 e. The number of rotatable bonds is 2. The SMILES string of the molecule is C[C@H]1[C@H](NC(=O)c2ccc3ncsc3c2)C2CCN1CC2.Cl. The van der Waals surface area contributed by atoms with E-state index in [1.807, 2.05) is 23.7 Å². The molecule has 2 bridgehead atoms. The van der Waals surface area contributed by atoms with Gasteiger partial charge in [-0.3, -0.25) is 9.69 Å². The van der Waals surface area contributed by atoms with Crippen LogP contribution in [-0.2, 0) is 0 Å². The van der Waals surface area contributed by atoms with Crippen molar-refractivity contribution >= 4 is 39.9 Å². The lowest BCUT2D eigenvalue weighted by atomic mass is 9.79. The Hall–Kier alpha value is -1.17. The first-order valence-electron chi connectivity index (χ1n) is 7.60. The molecule has 0 unspecified atom stereocenters. The maximum Gasteiger partial charge on any atom is 0.251 e. The van der Waals surface area contributed by atoms with E-state index >= 15 is 0 Å². The second kappa shape index (κ2) is 6.14. The Labute approximate surface area is 140 Å². The summed E-state index contributed by atoms with van der Waals surface area (Å²) in [4.78, 5) is 19.3. The number of nitrogens with zero attached hydrogens (tertiary/aromatic N) is 2. The Kier molecular flexibility index (Phi) is 4.39. The van der Waals surface area contributed by atoms with Gasteiger partial charge in [-0.1, -0.05) is 0 Å². The van der Waals surface area contributed by atoms with Crippen LogP contribution in [0.25, 0.3) is 10.2 Å². The van der Waals surface area contributed by atoms with E-state index in [2.05, 4.69) is 22.1 Å². The Morgan fingerprint density at radius 3 is 2.86 bits per heavy atom. The topological polar surface area (TPSA) is 45.2 Å². The van der Waals surface area contributed by atoms with Gasteiger partial charge in [-0.15, -0.1) is 23.7 Å². The van der Waals surface area contributed by atoms with Crippen molar-refractivity contribution in [3.05, 3.63) is 29.3 Å². The maximum atomic E-state index is 12.6. The van der Waals surface area contributed by atoms with Crippen molar-refractivity contribution in [2.75, 3.05) is 13.1 Å². The number of hydrogen-bond donors (Lipinski definition) is 1. The summed E-state index contributed by atoms with van der Waals surface area (Å²) in [5, 5.41) is 3.28. The molecule has 1 aromatic heterocycles. The Balaban J connectivity index is 0.00000144. The number of nitrogens with one attached hydrogen (secondary N) is 1. The number of hydrogen-bond acceptors (Lipinski definition) is 4. The molecule has 0 saturated carbocycles. The number of carbonyl (C=O) groups is 1. The highest BCUT2D eigenvalue weighted by Crippen LogP contribution is 2.32. The Morgan fingerprint density at radius 2 is 2.14 bits per heavy atom. The van der Waals surface area contributed by atoms with E-state index in [1.165, 1.54) is 25.9 Å². The first-order chi connectivity index (χ1) is 10.2. The molecule has 6 heteroatoms. The molecule has 4 heterocycles. The third kappa shape index (κ3) is 2.62. The summed E-state index contributed by atoms with van der Waals surface area (Å²) >= 11 is 1.58. The van der Waals surface area contributed by atoms with Crippen LogP contribution >= 0.6 is 23.7 Å². The Morgan fingerprint density at radius 1 is 1.36 bits per heavy atom. The molecule has 1 aromatic carbocycles. The number of fused-ring (bicyclic) bond motifs is 4. The van der Waals surface area contributed by atoms with E-state index in [0.717, 1.165) is 15.8 Å². The molecule has 22 heavy (non-hydrogen) atoms. The highest BCUT2D eigenvalue weighted by Gasteiger charge is 2.40. The minimum Gasteiger partial charge on any atom is -0.347 e. The summed E-state index contributed by atoms with van der Waals surface area (Å²) < 4.78 is 1.07. The fraction of sp³-hybridized carbons (Fsp3) is 0.500. The molecule has 3 aliphatic rings. The second-order valence-electron chi connectivity index (χ2n) is 6.15. The molecule has 3 fully saturated rings. The van der Waals surface area contributed by atoms with Gasteiger partial charge in [0.25, 0.3) is 5.91 Å². The van der Waals surface area contributed by atoms with E-state index in [9.17, 15) is 4.79 Å². The van der Waals surface area contributed by atoms with Gasteiger partial charge in [0.2, 0.25) is 0 Å². The number of thiazole rings is 1. The molecule has 0 aliphatic carbocycles. The van der Waals surface area contributed by atoms with Gasteiger partial charge in [0.15, 0.2) is 0 Å². The molecule has 1 N–H and O–H groups in total. The fourth-order valence-corrected chi connectivity index (χ4v) is 4.49. The minimum atomic E-state index is 0. The van der Waals surface area contributed by atoms with Crippen molar-refractivity contribution < 1.29 is 4.79 Å². The van der Waals surface area contributed by atoms with E-state index in [1.54, 1.807) is 11.3 Å². The van der Waals surface area contributed by atoms with Gasteiger partial charge in [-0.2, -0.15) is 0 Å². The molecule has 0 spiro atoms. The van der Waals surface area contributed by atoms with Crippen molar-refractivity contribution in [3.63, 3.8) is 0 Å². The largest absolute Gasteiger partial charge is 0.347 e. The zero-order chi connectivity index (χ0) is 14.4. The summed E-state index contributed by atoms with van der Waals surface area (Å²) in [7, 11) is 0. The van der Waals surface area contributed by atoms with Crippen LogP contribution in [0.5, 0.6) is 0 Å². The number of benzene rings is 1. The molecule has 118 valence electrons. The maximum absolute atomic E-state index is 12.6. The average Bonchev–Trinajstić information content (AvgIpc) is 2.98. The monoisotopic (exact) mass is 337 g/mol. The van der Waals surface area contributed by atoms with Gasteiger partial charge in [0.05, 0.1) is 15.7 Å². The summed E-state index contributed by atoms with van der Waals surface area (Å²) in [6, 6.07) is 6.50. The van der Waals surface area contributed by atoms with Gasteiger partial charge in [-0.25, -0.2) is 4.98 Å². The minimum absolute atomic E-state index is 0. The van der Waals surface area contributed by atoms with Crippen LogP contribution in [0.15, 0.2) is 23.7 Å². The molecule has 4 nitrogen and oxygen atoms in total. The third-order valence-corrected chi connectivity index (χ3v) is 5.86. The number of carbonyl (C=O) groups excluding carboxylic acids is 1. The molecule has 3 aliphatic heterocycles. The van der Waals surface area contributed by atoms with Crippen LogP contribution in [0.4, 0.5) is 0 Å². The van der Waals surface area contributed by atoms with Crippen molar-refractivity contribution in [2.24, 2.45) is 5.92 Å². The molecule has 1 amide bonds. The number of halogens is 1. The van der Waals surface area contributed by atoms with Gasteiger partial charge >= 0.3 is 0 Å². The first kappa shape index (κ1) is 15.7. The molecular formula is C16H20ClN3OS. The van der Waals surface area contributed by atoms with Gasteiger partial charge in [0.1, 0.15) is 0 Å². The van der Waals surface area contributed by atoms with E-state index in [-0.39, 0.29) is 24.4 Å². The standard InChI is InChI=1S/C16H19N3OS.ClH/c1-10-15(11-4-6-19(10)7-5-11)18-16(20)12-2-3-13-14(8-12)21-9-17-13;/h2-3,8-11,15H,4-7H2,1H3,(H,18,20);1H/t10-,15-;/m0./s1. The van der Waals surface area contributed by atoms with Crippen LogP contribution < -0.4 is 5.32 Å². The molecule has 2 atom stereocenters. The van der Waals surface area contributed by atoms with E-state index < -0.39 is 0 Å². The third-order valence-electron chi connectivity index (χ3n) is 5.07. The second-order valence-corrected chi connectivity index (χ2v) is 7.03. The highest BCUT2D eigenvalue weighted by molar-refractivity contribution is 7.16. The summed E-state index contributed by atoms with van der Waals surface area (Å²) in [6.07, 6.45) is 2.42. The zero-order valence-electron chi connectivity index (χ0n) is 12.5. The lowest BCUT2D eigenvalue weighted by Crippen LogP contribution is -2.62. The lowest BCUT2D eigenvalue weighted by molar-refractivity contribution is 0.0217. The molecule has 2 aromatic rings. The van der Waals surface area contributed by atoms with Crippen molar-refractivity contribution in [1.29, 1.82) is 0 Å². The normalized spacial score (nSPS) is 30.0. The zero-order valence-corrected chi connectivity index (χ0v) is 14.1. The lowest BCUT2D eigenvalue weighted by Gasteiger charge is -2.49. The molecular weight excluding hydrogens is 318 g/mol. The predicted octanol–water partition coefficient (Wildman–Crippen LogP) is 2.93. The molecule has 0 radical (unpaired) electrons. The van der Waals surface area contributed by atoms with Crippen molar-refractivity contribution in [2.45, 2.75) is 31.8 Å². The molecule has 3 saturated heterocycles. The van der Waals surface area contributed by atoms with E-state index in [0.29, 0.717) is 12.0 Å². The number of amides is 1.